The molecule has 0 radical (unpaired) electrons. The lowest BCUT2D eigenvalue weighted by atomic mass is 10.2. The maximum atomic E-state index is 5.40. The fourth-order valence-electron chi connectivity index (χ4n) is 0.591. The highest BCUT2D eigenvalue weighted by atomic mass is 15.0. The van der Waals surface area contributed by atoms with Crippen molar-refractivity contribution < 1.29 is 0 Å². The van der Waals surface area contributed by atoms with Crippen molar-refractivity contribution in [1.29, 1.82) is 0 Å². The molecule has 0 aromatic carbocycles. The molecule has 2 heteroatoms. The standard InChI is InChI=1S/C6H10N2/c1-5-2-3-6(7)8-4-5/h2-3,8H,4,7H2,1H3. The third-order valence-electron chi connectivity index (χ3n) is 1.12. The molecule has 1 aliphatic heterocycles. The third-order valence-corrected chi connectivity index (χ3v) is 1.12. The first kappa shape index (κ1) is 5.22. The number of nitrogens with one attached hydrogen (secondary N) is 1. The van der Waals surface area contributed by atoms with Crippen LogP contribution in [0.15, 0.2) is 23.5 Å². The van der Waals surface area contributed by atoms with Crippen molar-refractivity contribution in [1.82, 2.24) is 5.32 Å². The first-order valence-electron chi connectivity index (χ1n) is 2.66. The van der Waals surface area contributed by atoms with Crippen LogP contribution in [-0.4, -0.2) is 6.54 Å². The minimum Gasteiger partial charge on any atom is -0.386 e. The zero-order valence-electron chi connectivity index (χ0n) is 4.94. The molecule has 44 valence electrons. The van der Waals surface area contributed by atoms with Crippen LogP contribution >= 0.6 is 0 Å². The summed E-state index contributed by atoms with van der Waals surface area (Å²) in [5.74, 6) is 0.760. The van der Waals surface area contributed by atoms with E-state index in [4.69, 9.17) is 5.73 Å². The number of dihydropyridines is 1. The Labute approximate surface area is 49.1 Å². The van der Waals surface area contributed by atoms with Crippen molar-refractivity contribution in [2.45, 2.75) is 6.92 Å². The highest BCUT2D eigenvalue weighted by Crippen LogP contribution is 1.97. The topological polar surface area (TPSA) is 38.0 Å². The van der Waals surface area contributed by atoms with Crippen LogP contribution in [0.2, 0.25) is 0 Å². The van der Waals surface area contributed by atoms with E-state index in [1.54, 1.807) is 0 Å². The van der Waals surface area contributed by atoms with Gasteiger partial charge in [-0.2, -0.15) is 0 Å². The Morgan fingerprint density at radius 3 is 2.75 bits per heavy atom. The van der Waals surface area contributed by atoms with Gasteiger partial charge >= 0.3 is 0 Å². The summed E-state index contributed by atoms with van der Waals surface area (Å²) in [5, 5.41) is 3.00. The predicted molar refractivity (Wildman–Crippen MR) is 34.0 cm³/mol. The molecule has 0 saturated heterocycles. The summed E-state index contributed by atoms with van der Waals surface area (Å²) in [4.78, 5) is 0. The molecule has 1 heterocycles. The zero-order valence-corrected chi connectivity index (χ0v) is 4.94. The molecule has 0 unspecified atom stereocenters. The van der Waals surface area contributed by atoms with E-state index in [-0.39, 0.29) is 0 Å². The van der Waals surface area contributed by atoms with Crippen molar-refractivity contribution in [2.75, 3.05) is 6.54 Å². The summed E-state index contributed by atoms with van der Waals surface area (Å²) in [6.07, 6.45) is 3.89. The van der Waals surface area contributed by atoms with Gasteiger partial charge in [-0.25, -0.2) is 0 Å². The summed E-state index contributed by atoms with van der Waals surface area (Å²) in [7, 11) is 0. The number of hydrogen-bond donors (Lipinski definition) is 2. The summed E-state index contributed by atoms with van der Waals surface area (Å²) in [6.45, 7) is 2.96. The van der Waals surface area contributed by atoms with Crippen molar-refractivity contribution in [3.63, 3.8) is 0 Å². The second-order valence-corrected chi connectivity index (χ2v) is 1.99. The van der Waals surface area contributed by atoms with E-state index in [0.717, 1.165) is 12.4 Å². The van der Waals surface area contributed by atoms with Gasteiger partial charge in [-0.3, -0.25) is 0 Å². The van der Waals surface area contributed by atoms with Crippen LogP contribution in [0.3, 0.4) is 0 Å². The van der Waals surface area contributed by atoms with Gasteiger partial charge in [0.2, 0.25) is 0 Å². The highest BCUT2D eigenvalue weighted by Gasteiger charge is 1.93. The van der Waals surface area contributed by atoms with Crippen molar-refractivity contribution in [3.05, 3.63) is 23.5 Å². The van der Waals surface area contributed by atoms with Gasteiger partial charge in [0, 0.05) is 6.54 Å². The third kappa shape index (κ3) is 1.03. The van der Waals surface area contributed by atoms with Crippen LogP contribution in [0, 0.1) is 0 Å². The Morgan fingerprint density at radius 2 is 2.38 bits per heavy atom. The van der Waals surface area contributed by atoms with Gasteiger partial charge in [0.25, 0.3) is 0 Å². The minimum atomic E-state index is 0.760. The normalized spacial score (nSPS) is 18.6. The summed E-state index contributed by atoms with van der Waals surface area (Å²) >= 11 is 0. The van der Waals surface area contributed by atoms with Crippen molar-refractivity contribution >= 4 is 0 Å². The molecule has 0 atom stereocenters. The van der Waals surface area contributed by atoms with E-state index in [1.165, 1.54) is 5.57 Å². The van der Waals surface area contributed by atoms with Crippen LogP contribution in [0.4, 0.5) is 0 Å². The van der Waals surface area contributed by atoms with Gasteiger partial charge < -0.3 is 11.1 Å². The SMILES string of the molecule is CC1=CC=C(N)NC1. The smallest absolute Gasteiger partial charge is 0.0962 e. The second-order valence-electron chi connectivity index (χ2n) is 1.99. The zero-order chi connectivity index (χ0) is 5.98. The minimum absolute atomic E-state index is 0.760. The van der Waals surface area contributed by atoms with Crippen LogP contribution in [0.5, 0.6) is 0 Å². The van der Waals surface area contributed by atoms with E-state index in [0.29, 0.717) is 0 Å². The Morgan fingerprint density at radius 1 is 1.62 bits per heavy atom. The first-order valence-corrected chi connectivity index (χ1v) is 2.66. The molecule has 0 bridgehead atoms. The second kappa shape index (κ2) is 1.90. The number of nitrogens with two attached hydrogens (primary N) is 1. The Bertz CT molecular complexity index is 127. The lowest BCUT2D eigenvalue weighted by molar-refractivity contribution is 0.839. The average Bonchev–Trinajstić information content (AvgIpc) is 1.77. The van der Waals surface area contributed by atoms with Crippen LogP contribution in [0.25, 0.3) is 0 Å². The lowest BCUT2D eigenvalue weighted by Gasteiger charge is -2.09. The molecule has 8 heavy (non-hydrogen) atoms. The maximum absolute atomic E-state index is 5.40. The average molecular weight is 110 g/mol. The summed E-state index contributed by atoms with van der Waals surface area (Å²) < 4.78 is 0. The molecule has 0 amide bonds. The van der Waals surface area contributed by atoms with Crippen molar-refractivity contribution in [2.24, 2.45) is 5.73 Å². The van der Waals surface area contributed by atoms with E-state index in [1.807, 2.05) is 12.2 Å². The van der Waals surface area contributed by atoms with Crippen LogP contribution in [0.1, 0.15) is 6.92 Å². The number of rotatable bonds is 0. The van der Waals surface area contributed by atoms with Crippen LogP contribution in [-0.2, 0) is 0 Å². The molecular formula is C6H10N2. The van der Waals surface area contributed by atoms with Gasteiger partial charge in [-0.15, -0.1) is 0 Å². The molecule has 0 saturated carbocycles. The molecule has 2 nitrogen and oxygen atoms in total. The molecule has 0 aromatic rings. The monoisotopic (exact) mass is 110 g/mol. The van der Waals surface area contributed by atoms with E-state index >= 15 is 0 Å². The quantitative estimate of drug-likeness (QED) is 0.471. The highest BCUT2D eigenvalue weighted by molar-refractivity contribution is 5.20. The largest absolute Gasteiger partial charge is 0.386 e. The Hall–Kier alpha value is -0.920. The van der Waals surface area contributed by atoms with E-state index in [9.17, 15) is 0 Å². The van der Waals surface area contributed by atoms with Crippen LogP contribution < -0.4 is 11.1 Å². The maximum Gasteiger partial charge on any atom is 0.0962 e. The molecule has 1 rings (SSSR count). The lowest BCUT2D eigenvalue weighted by Crippen LogP contribution is -2.23. The Kier molecular flexibility index (Phi) is 1.24. The van der Waals surface area contributed by atoms with E-state index < -0.39 is 0 Å². The fraction of sp³-hybridized carbons (Fsp3) is 0.333. The molecule has 0 spiro atoms. The van der Waals surface area contributed by atoms with Crippen molar-refractivity contribution in [3.8, 4) is 0 Å². The molecule has 0 fully saturated rings. The molecule has 0 aliphatic carbocycles. The van der Waals surface area contributed by atoms with Gasteiger partial charge in [-0.05, 0) is 13.0 Å². The molecule has 0 aromatic heterocycles. The summed E-state index contributed by atoms with van der Waals surface area (Å²) in [5.41, 5.74) is 6.72. The summed E-state index contributed by atoms with van der Waals surface area (Å²) in [6, 6.07) is 0. The Balaban J connectivity index is 2.65. The molecule has 3 N–H and O–H groups in total. The number of hydrogen-bond acceptors (Lipinski definition) is 2. The van der Waals surface area contributed by atoms with Gasteiger partial charge in [0.15, 0.2) is 0 Å². The predicted octanol–water partition coefficient (Wildman–Crippen LogP) is 0.336. The van der Waals surface area contributed by atoms with E-state index in [2.05, 4.69) is 12.2 Å². The molecular weight excluding hydrogens is 100 g/mol. The van der Waals surface area contributed by atoms with Gasteiger partial charge in [-0.1, -0.05) is 11.6 Å². The fourth-order valence-corrected chi connectivity index (χ4v) is 0.591. The number of allylic oxidation sites excluding steroid dienone is 2. The van der Waals surface area contributed by atoms with Gasteiger partial charge in [0.05, 0.1) is 5.82 Å². The van der Waals surface area contributed by atoms with Gasteiger partial charge in [0.1, 0.15) is 0 Å². The molecule has 1 aliphatic rings. The first-order chi connectivity index (χ1) is 3.79.